The summed E-state index contributed by atoms with van der Waals surface area (Å²) in [6, 6.07) is 1.92. The zero-order valence-corrected chi connectivity index (χ0v) is 11.1. The maximum atomic E-state index is 10.8. The van der Waals surface area contributed by atoms with Crippen molar-refractivity contribution in [3.8, 4) is 0 Å². The first-order valence-electron chi connectivity index (χ1n) is 6.12. The Morgan fingerprint density at radius 1 is 1.50 bits per heavy atom. The normalized spacial score (nSPS) is 12.9. The molecule has 3 N–H and O–H groups in total. The zero-order valence-electron chi connectivity index (χ0n) is 11.1. The summed E-state index contributed by atoms with van der Waals surface area (Å²) in [4.78, 5) is 10.8. The molecule has 1 rings (SSSR count). The van der Waals surface area contributed by atoms with E-state index < -0.39 is 5.97 Å². The number of carbonyl (C=O) groups is 1. The molecule has 0 saturated carbocycles. The summed E-state index contributed by atoms with van der Waals surface area (Å²) in [6.45, 7) is 6.46. The molecule has 5 nitrogen and oxygen atoms in total. The second-order valence-corrected chi connectivity index (χ2v) is 4.77. The largest absolute Gasteiger partial charge is 0.475 e. The van der Waals surface area contributed by atoms with Crippen LogP contribution in [0.1, 0.15) is 42.1 Å². The number of carboxylic acid groups (broad SMARTS) is 1. The van der Waals surface area contributed by atoms with E-state index in [1.807, 2.05) is 0 Å². The first-order valence-corrected chi connectivity index (χ1v) is 6.12. The van der Waals surface area contributed by atoms with Gasteiger partial charge in [0.2, 0.25) is 5.76 Å². The van der Waals surface area contributed by atoms with Crippen LogP contribution < -0.4 is 5.32 Å². The highest BCUT2D eigenvalue weighted by atomic mass is 16.4. The minimum absolute atomic E-state index is 0.00458. The summed E-state index contributed by atoms with van der Waals surface area (Å²) in [5, 5.41) is 21.1. The van der Waals surface area contributed by atoms with Crippen molar-refractivity contribution in [2.45, 2.75) is 39.8 Å². The molecule has 0 aliphatic heterocycles. The summed E-state index contributed by atoms with van der Waals surface area (Å²) in [5.41, 5.74) is 0.627. The molecular weight excluding hydrogens is 234 g/mol. The van der Waals surface area contributed by atoms with Crippen LogP contribution in [0, 0.1) is 12.8 Å². The van der Waals surface area contributed by atoms with Gasteiger partial charge >= 0.3 is 5.97 Å². The van der Waals surface area contributed by atoms with Gasteiger partial charge in [0.1, 0.15) is 5.76 Å². The molecule has 0 aliphatic rings. The third kappa shape index (κ3) is 3.85. The fraction of sp³-hybridized carbons (Fsp3) is 0.615. The third-order valence-corrected chi connectivity index (χ3v) is 2.95. The molecule has 0 aliphatic carbocycles. The predicted molar refractivity (Wildman–Crippen MR) is 67.6 cm³/mol. The van der Waals surface area contributed by atoms with Crippen molar-refractivity contribution >= 4 is 5.97 Å². The zero-order chi connectivity index (χ0) is 13.7. The molecule has 5 heteroatoms. The summed E-state index contributed by atoms with van der Waals surface area (Å²) in [7, 11) is 0. The molecule has 1 aromatic heterocycles. The van der Waals surface area contributed by atoms with Crippen molar-refractivity contribution in [2.75, 3.05) is 6.61 Å². The lowest BCUT2D eigenvalue weighted by atomic mass is 10.0. The fourth-order valence-electron chi connectivity index (χ4n) is 1.89. The SMILES string of the molecule is Cc1cc(CNC(CCO)C(C)C)oc1C(=O)O. The summed E-state index contributed by atoms with van der Waals surface area (Å²) in [5.74, 6) is -0.0507. The van der Waals surface area contributed by atoms with Crippen LogP contribution in [-0.2, 0) is 6.54 Å². The van der Waals surface area contributed by atoms with E-state index in [4.69, 9.17) is 14.6 Å². The summed E-state index contributed by atoms with van der Waals surface area (Å²) < 4.78 is 5.26. The molecule has 1 unspecified atom stereocenters. The Morgan fingerprint density at radius 3 is 2.61 bits per heavy atom. The third-order valence-electron chi connectivity index (χ3n) is 2.95. The van der Waals surface area contributed by atoms with Gasteiger partial charge in [0.25, 0.3) is 0 Å². The molecule has 1 atom stereocenters. The van der Waals surface area contributed by atoms with Crippen molar-refractivity contribution < 1.29 is 19.4 Å². The molecule has 0 amide bonds. The van der Waals surface area contributed by atoms with Gasteiger partial charge in [-0.3, -0.25) is 0 Å². The topological polar surface area (TPSA) is 82.7 Å². The lowest BCUT2D eigenvalue weighted by molar-refractivity contribution is 0.0659. The first kappa shape index (κ1) is 14.7. The van der Waals surface area contributed by atoms with Gasteiger partial charge in [-0.05, 0) is 25.3 Å². The van der Waals surface area contributed by atoms with Crippen molar-refractivity contribution in [2.24, 2.45) is 5.92 Å². The van der Waals surface area contributed by atoms with Crippen molar-refractivity contribution in [1.82, 2.24) is 5.32 Å². The molecule has 102 valence electrons. The van der Waals surface area contributed by atoms with Crippen LogP contribution in [0.4, 0.5) is 0 Å². The van der Waals surface area contributed by atoms with E-state index in [-0.39, 0.29) is 18.4 Å². The van der Waals surface area contributed by atoms with Gasteiger partial charge in [-0.1, -0.05) is 13.8 Å². The maximum Gasteiger partial charge on any atom is 0.372 e. The van der Waals surface area contributed by atoms with Gasteiger partial charge in [0.15, 0.2) is 0 Å². The van der Waals surface area contributed by atoms with Crippen molar-refractivity contribution in [3.05, 3.63) is 23.2 Å². The minimum atomic E-state index is -1.05. The number of rotatable bonds is 7. The Labute approximate surface area is 107 Å². The second-order valence-electron chi connectivity index (χ2n) is 4.77. The van der Waals surface area contributed by atoms with E-state index in [1.54, 1.807) is 13.0 Å². The summed E-state index contributed by atoms with van der Waals surface area (Å²) in [6.07, 6.45) is 0.670. The molecule has 0 spiro atoms. The number of hydrogen-bond acceptors (Lipinski definition) is 4. The van der Waals surface area contributed by atoms with Gasteiger partial charge in [0, 0.05) is 18.2 Å². The number of hydrogen-bond donors (Lipinski definition) is 3. The van der Waals surface area contributed by atoms with Gasteiger partial charge in [0.05, 0.1) is 6.54 Å². The molecular formula is C13H21NO4. The van der Waals surface area contributed by atoms with Crippen LogP contribution in [-0.4, -0.2) is 28.8 Å². The van der Waals surface area contributed by atoms with Crippen molar-refractivity contribution in [1.29, 1.82) is 0 Å². The average molecular weight is 255 g/mol. The standard InChI is InChI=1S/C13H21NO4/c1-8(2)11(4-5-15)14-7-10-6-9(3)12(18-10)13(16)17/h6,8,11,14-15H,4-5,7H2,1-3H3,(H,16,17). The number of aliphatic hydroxyl groups is 1. The van der Waals surface area contributed by atoms with Crippen LogP contribution >= 0.6 is 0 Å². The number of aromatic carboxylic acids is 1. The van der Waals surface area contributed by atoms with Crippen LogP contribution in [0.15, 0.2) is 10.5 Å². The van der Waals surface area contributed by atoms with Crippen LogP contribution in [0.25, 0.3) is 0 Å². The Balaban J connectivity index is 2.62. The maximum absolute atomic E-state index is 10.8. The number of aliphatic hydroxyl groups excluding tert-OH is 1. The Kier molecular flexibility index (Phi) is 5.37. The lowest BCUT2D eigenvalue weighted by Gasteiger charge is -2.20. The molecule has 1 aromatic rings. The van der Waals surface area contributed by atoms with Crippen molar-refractivity contribution in [3.63, 3.8) is 0 Å². The highest BCUT2D eigenvalue weighted by Gasteiger charge is 2.16. The first-order chi connectivity index (χ1) is 8.45. The molecule has 0 saturated heterocycles. The number of furan rings is 1. The molecule has 0 bridgehead atoms. The highest BCUT2D eigenvalue weighted by Crippen LogP contribution is 2.15. The average Bonchev–Trinajstić information content (AvgIpc) is 2.65. The van der Waals surface area contributed by atoms with Crippen LogP contribution in [0.5, 0.6) is 0 Å². The Hall–Kier alpha value is -1.33. The summed E-state index contributed by atoms with van der Waals surface area (Å²) >= 11 is 0. The smallest absolute Gasteiger partial charge is 0.372 e. The monoisotopic (exact) mass is 255 g/mol. The van der Waals surface area contributed by atoms with Crippen LogP contribution in [0.2, 0.25) is 0 Å². The molecule has 18 heavy (non-hydrogen) atoms. The van der Waals surface area contributed by atoms with E-state index in [2.05, 4.69) is 19.2 Å². The van der Waals surface area contributed by atoms with E-state index in [9.17, 15) is 4.79 Å². The highest BCUT2D eigenvalue weighted by molar-refractivity contribution is 5.86. The van der Waals surface area contributed by atoms with Gasteiger partial charge in [-0.25, -0.2) is 4.79 Å². The fourth-order valence-corrected chi connectivity index (χ4v) is 1.89. The van der Waals surface area contributed by atoms with Gasteiger partial charge < -0.3 is 19.9 Å². The van der Waals surface area contributed by atoms with E-state index in [1.165, 1.54) is 0 Å². The molecule has 0 fully saturated rings. The Morgan fingerprint density at radius 2 is 2.17 bits per heavy atom. The number of nitrogens with one attached hydrogen (secondary N) is 1. The van der Waals surface area contributed by atoms with E-state index in [0.717, 1.165) is 0 Å². The minimum Gasteiger partial charge on any atom is -0.475 e. The van der Waals surface area contributed by atoms with Gasteiger partial charge in [-0.2, -0.15) is 0 Å². The molecule has 0 aromatic carbocycles. The predicted octanol–water partition coefficient (Wildman–Crippen LogP) is 1.78. The molecule has 0 radical (unpaired) electrons. The van der Waals surface area contributed by atoms with E-state index >= 15 is 0 Å². The Bertz CT molecular complexity index is 398. The number of carboxylic acids is 1. The number of aryl methyl sites for hydroxylation is 1. The van der Waals surface area contributed by atoms with E-state index in [0.29, 0.717) is 30.2 Å². The van der Waals surface area contributed by atoms with Gasteiger partial charge in [-0.15, -0.1) is 0 Å². The van der Waals surface area contributed by atoms with Crippen LogP contribution in [0.3, 0.4) is 0 Å². The lowest BCUT2D eigenvalue weighted by Crippen LogP contribution is -2.34. The quantitative estimate of drug-likeness (QED) is 0.692. The second kappa shape index (κ2) is 6.56. The molecule has 1 heterocycles.